The number of rotatable bonds is 4. The van der Waals surface area contributed by atoms with Gasteiger partial charge < -0.3 is 14.8 Å². The molecular weight excluding hydrogens is 300 g/mol. The van der Waals surface area contributed by atoms with Gasteiger partial charge in [0.15, 0.2) is 11.6 Å². The molecule has 5 heteroatoms. The summed E-state index contributed by atoms with van der Waals surface area (Å²) in [5, 5.41) is 3.42. The standard InChI is InChI=1S/C18H25F2NO2/c1-18-8-3-9-23-17(18)12(11-22-2)4-7-16(18)21-13-5-6-14(19)15(20)10-13/h5-6,10,12,16-17,21H,3-4,7-9,11H2,1-2H3/t12?,16-,17+,18-/m0/s1. The lowest BCUT2D eigenvalue weighted by atomic mass is 9.62. The second kappa shape index (κ2) is 6.73. The van der Waals surface area contributed by atoms with E-state index in [1.54, 1.807) is 13.2 Å². The molecule has 23 heavy (non-hydrogen) atoms. The summed E-state index contributed by atoms with van der Waals surface area (Å²) < 4.78 is 38.1. The first kappa shape index (κ1) is 16.7. The number of nitrogens with one attached hydrogen (secondary N) is 1. The van der Waals surface area contributed by atoms with Crippen molar-refractivity contribution in [2.45, 2.75) is 44.8 Å². The summed E-state index contributed by atoms with van der Waals surface area (Å²) in [6, 6.07) is 4.19. The number of halogens is 2. The Hall–Kier alpha value is -1.20. The molecule has 1 unspecified atom stereocenters. The van der Waals surface area contributed by atoms with Crippen molar-refractivity contribution in [2.24, 2.45) is 11.3 Å². The highest BCUT2D eigenvalue weighted by Crippen LogP contribution is 2.48. The molecule has 2 aliphatic rings. The first-order valence-corrected chi connectivity index (χ1v) is 8.36. The molecular formula is C18H25F2NO2. The van der Waals surface area contributed by atoms with Crippen molar-refractivity contribution in [1.29, 1.82) is 0 Å². The molecule has 1 heterocycles. The van der Waals surface area contributed by atoms with Crippen LogP contribution in [0.2, 0.25) is 0 Å². The van der Waals surface area contributed by atoms with E-state index < -0.39 is 11.6 Å². The third-order valence-corrected chi connectivity index (χ3v) is 5.50. The predicted molar refractivity (Wildman–Crippen MR) is 85.4 cm³/mol. The van der Waals surface area contributed by atoms with Crippen LogP contribution in [0.25, 0.3) is 0 Å². The van der Waals surface area contributed by atoms with Crippen molar-refractivity contribution in [2.75, 3.05) is 25.6 Å². The van der Waals surface area contributed by atoms with Crippen molar-refractivity contribution in [3.05, 3.63) is 29.8 Å². The van der Waals surface area contributed by atoms with Crippen LogP contribution in [0.4, 0.5) is 14.5 Å². The van der Waals surface area contributed by atoms with E-state index in [2.05, 4.69) is 12.2 Å². The van der Waals surface area contributed by atoms with Crippen molar-refractivity contribution >= 4 is 5.69 Å². The Morgan fingerprint density at radius 1 is 1.30 bits per heavy atom. The Kier molecular flexibility index (Phi) is 4.87. The normalized spacial score (nSPS) is 34.0. The highest BCUT2D eigenvalue weighted by molar-refractivity contribution is 5.45. The summed E-state index contributed by atoms with van der Waals surface area (Å²) in [7, 11) is 1.73. The van der Waals surface area contributed by atoms with Crippen LogP contribution in [-0.4, -0.2) is 32.5 Å². The zero-order valence-electron chi connectivity index (χ0n) is 13.8. The first-order valence-electron chi connectivity index (χ1n) is 8.36. The highest BCUT2D eigenvalue weighted by atomic mass is 19.2. The van der Waals surface area contributed by atoms with E-state index >= 15 is 0 Å². The van der Waals surface area contributed by atoms with Gasteiger partial charge in [0.2, 0.25) is 0 Å². The number of benzene rings is 1. The number of anilines is 1. The number of fused-ring (bicyclic) bond motifs is 1. The topological polar surface area (TPSA) is 30.5 Å². The van der Waals surface area contributed by atoms with E-state index in [9.17, 15) is 8.78 Å². The molecule has 0 bridgehead atoms. The van der Waals surface area contributed by atoms with Gasteiger partial charge >= 0.3 is 0 Å². The molecule has 2 fully saturated rings. The molecule has 128 valence electrons. The van der Waals surface area contributed by atoms with Gasteiger partial charge in [0.25, 0.3) is 0 Å². The quantitative estimate of drug-likeness (QED) is 0.908. The minimum atomic E-state index is -0.815. The lowest BCUT2D eigenvalue weighted by Crippen LogP contribution is -2.57. The van der Waals surface area contributed by atoms with Gasteiger partial charge in [-0.05, 0) is 37.8 Å². The summed E-state index contributed by atoms with van der Waals surface area (Å²) in [4.78, 5) is 0. The van der Waals surface area contributed by atoms with Crippen LogP contribution < -0.4 is 5.32 Å². The minimum Gasteiger partial charge on any atom is -0.384 e. The van der Waals surface area contributed by atoms with Gasteiger partial charge in [0, 0.05) is 42.8 Å². The highest BCUT2D eigenvalue weighted by Gasteiger charge is 2.50. The average molecular weight is 325 g/mol. The van der Waals surface area contributed by atoms with E-state index in [-0.39, 0.29) is 17.6 Å². The molecule has 1 aliphatic heterocycles. The summed E-state index contributed by atoms with van der Waals surface area (Å²) >= 11 is 0. The van der Waals surface area contributed by atoms with Gasteiger partial charge in [-0.15, -0.1) is 0 Å². The smallest absolute Gasteiger partial charge is 0.160 e. The van der Waals surface area contributed by atoms with Gasteiger partial charge in [-0.1, -0.05) is 6.92 Å². The molecule has 1 N–H and O–H groups in total. The van der Waals surface area contributed by atoms with Gasteiger partial charge in [0.1, 0.15) is 0 Å². The fourth-order valence-electron chi connectivity index (χ4n) is 4.31. The van der Waals surface area contributed by atoms with Gasteiger partial charge in [-0.2, -0.15) is 0 Å². The maximum absolute atomic E-state index is 13.5. The molecule has 0 spiro atoms. The molecule has 1 aromatic rings. The SMILES string of the molecule is COCC1CC[C@H](Nc2ccc(F)c(F)c2)[C@]2(C)CCCO[C@H]12. The van der Waals surface area contributed by atoms with Gasteiger partial charge in [0.05, 0.1) is 12.7 Å². The molecule has 1 saturated carbocycles. The van der Waals surface area contributed by atoms with Gasteiger partial charge in [-0.25, -0.2) is 8.78 Å². The Labute approximate surface area is 136 Å². The lowest BCUT2D eigenvalue weighted by Gasteiger charge is -2.53. The Balaban J connectivity index is 1.80. The zero-order valence-corrected chi connectivity index (χ0v) is 13.8. The fourth-order valence-corrected chi connectivity index (χ4v) is 4.31. The van der Waals surface area contributed by atoms with Crippen LogP contribution in [-0.2, 0) is 9.47 Å². The zero-order chi connectivity index (χ0) is 16.4. The third kappa shape index (κ3) is 3.22. The molecule has 4 atom stereocenters. The second-order valence-corrected chi connectivity index (χ2v) is 7.02. The molecule has 3 rings (SSSR count). The Morgan fingerprint density at radius 3 is 2.87 bits per heavy atom. The Bertz CT molecular complexity index is 554. The predicted octanol–water partition coefficient (Wildman–Crippen LogP) is 3.99. The molecule has 0 amide bonds. The number of hydrogen-bond donors (Lipinski definition) is 1. The largest absolute Gasteiger partial charge is 0.384 e. The van der Waals surface area contributed by atoms with Gasteiger partial charge in [-0.3, -0.25) is 0 Å². The number of methoxy groups -OCH3 is 1. The van der Waals surface area contributed by atoms with Crippen molar-refractivity contribution in [1.82, 2.24) is 0 Å². The minimum absolute atomic E-state index is 0.0233. The third-order valence-electron chi connectivity index (χ3n) is 5.50. The van der Waals surface area contributed by atoms with Crippen molar-refractivity contribution in [3.8, 4) is 0 Å². The van der Waals surface area contributed by atoms with Crippen LogP contribution in [0, 0.1) is 23.0 Å². The maximum Gasteiger partial charge on any atom is 0.160 e. The average Bonchev–Trinajstić information content (AvgIpc) is 2.53. The fraction of sp³-hybridized carbons (Fsp3) is 0.667. The van der Waals surface area contributed by atoms with Crippen molar-refractivity contribution in [3.63, 3.8) is 0 Å². The lowest BCUT2D eigenvalue weighted by molar-refractivity contribution is -0.144. The van der Waals surface area contributed by atoms with E-state index in [0.717, 1.165) is 32.3 Å². The molecule has 1 aliphatic carbocycles. The van der Waals surface area contributed by atoms with E-state index in [0.29, 0.717) is 18.2 Å². The van der Waals surface area contributed by atoms with Crippen LogP contribution in [0.3, 0.4) is 0 Å². The maximum atomic E-state index is 13.5. The van der Waals surface area contributed by atoms with Crippen LogP contribution in [0.1, 0.15) is 32.6 Å². The van der Waals surface area contributed by atoms with Crippen LogP contribution >= 0.6 is 0 Å². The van der Waals surface area contributed by atoms with Crippen molar-refractivity contribution < 1.29 is 18.3 Å². The van der Waals surface area contributed by atoms with E-state index in [4.69, 9.17) is 9.47 Å². The van der Waals surface area contributed by atoms with E-state index in [1.807, 2.05) is 0 Å². The molecule has 1 aromatic carbocycles. The van der Waals surface area contributed by atoms with Crippen LogP contribution in [0.5, 0.6) is 0 Å². The molecule has 3 nitrogen and oxygen atoms in total. The monoisotopic (exact) mass is 325 g/mol. The van der Waals surface area contributed by atoms with E-state index in [1.165, 1.54) is 12.1 Å². The van der Waals surface area contributed by atoms with Crippen LogP contribution in [0.15, 0.2) is 18.2 Å². The molecule has 0 aromatic heterocycles. The Morgan fingerprint density at radius 2 is 2.13 bits per heavy atom. The molecule has 0 radical (unpaired) electrons. The summed E-state index contributed by atoms with van der Waals surface area (Å²) in [5.41, 5.74) is 0.606. The summed E-state index contributed by atoms with van der Waals surface area (Å²) in [5.74, 6) is -1.23. The molecule has 1 saturated heterocycles. The second-order valence-electron chi connectivity index (χ2n) is 7.02. The summed E-state index contributed by atoms with van der Waals surface area (Å²) in [6.07, 6.45) is 4.23. The first-order chi connectivity index (χ1) is 11.0. The number of hydrogen-bond acceptors (Lipinski definition) is 3. The summed E-state index contributed by atoms with van der Waals surface area (Å²) in [6.45, 7) is 3.74. The number of ether oxygens (including phenoxy) is 2.